The number of allylic oxidation sites excluding steroid dienone is 3. The summed E-state index contributed by atoms with van der Waals surface area (Å²) in [5.41, 5.74) is -1.56. The molecule has 0 amide bonds. The van der Waals surface area contributed by atoms with Gasteiger partial charge in [0, 0.05) is 0 Å². The van der Waals surface area contributed by atoms with E-state index < -0.39 is 37.5 Å². The Morgan fingerprint density at radius 2 is 2.06 bits per heavy atom. The van der Waals surface area contributed by atoms with Crippen molar-refractivity contribution in [2.24, 2.45) is 0 Å². The maximum atomic E-state index is 14.8. The fourth-order valence-corrected chi connectivity index (χ4v) is 4.55. The fraction of sp³-hybridized carbons (Fsp3) is 0.714. The van der Waals surface area contributed by atoms with Crippen LogP contribution in [0.5, 0.6) is 0 Å². The summed E-state index contributed by atoms with van der Waals surface area (Å²) in [4.78, 5) is 12.2. The third-order valence-corrected chi connectivity index (χ3v) is 6.02. The quantitative estimate of drug-likeness (QED) is 0.153. The Morgan fingerprint density at radius 3 is 2.61 bits per heavy atom. The van der Waals surface area contributed by atoms with Crippen molar-refractivity contribution < 1.29 is 32.3 Å². The molecule has 31 heavy (non-hydrogen) atoms. The van der Waals surface area contributed by atoms with Crippen LogP contribution in [0.25, 0.3) is 0 Å². The molecule has 0 spiro atoms. The number of hydrogen-bond donors (Lipinski definition) is 1. The Labute approximate surface area is 186 Å². The summed E-state index contributed by atoms with van der Waals surface area (Å²) < 4.78 is 50.4. The molecule has 0 bridgehead atoms. The SMILES string of the molecule is CC=BC1OC(COP(=O)(NC(C)C(=O)OC(C)C)OC(C=CC)=CCC)CC1(C)F. The van der Waals surface area contributed by atoms with E-state index in [0.29, 0.717) is 12.2 Å². The number of carbonyl (C=O) groups excluding carboxylic acids is 1. The molecule has 0 aromatic heterocycles. The summed E-state index contributed by atoms with van der Waals surface area (Å²) >= 11 is 0. The van der Waals surface area contributed by atoms with E-state index in [1.165, 1.54) is 13.8 Å². The molecule has 1 aliphatic heterocycles. The Hall–Kier alpha value is -1.28. The van der Waals surface area contributed by atoms with Crippen molar-refractivity contribution in [1.29, 1.82) is 0 Å². The van der Waals surface area contributed by atoms with Gasteiger partial charge >= 0.3 is 186 Å². The number of carbonyl (C=O) groups is 1. The Morgan fingerprint density at radius 1 is 1.39 bits per heavy atom. The number of nitrogens with one attached hydrogen (secondary N) is 1. The second kappa shape index (κ2) is 12.7. The van der Waals surface area contributed by atoms with Crippen molar-refractivity contribution in [3.05, 3.63) is 24.0 Å². The van der Waals surface area contributed by atoms with Gasteiger partial charge in [-0.25, -0.2) is 0 Å². The van der Waals surface area contributed by atoms with E-state index in [0.717, 1.165) is 0 Å². The molecule has 0 aromatic carbocycles. The molecule has 1 heterocycles. The van der Waals surface area contributed by atoms with Crippen LogP contribution in [0.4, 0.5) is 4.39 Å². The van der Waals surface area contributed by atoms with Crippen molar-refractivity contribution in [1.82, 2.24) is 5.09 Å². The van der Waals surface area contributed by atoms with Crippen molar-refractivity contribution in [3.8, 4) is 0 Å². The van der Waals surface area contributed by atoms with Crippen molar-refractivity contribution in [3.63, 3.8) is 0 Å². The van der Waals surface area contributed by atoms with Crippen LogP contribution in [0, 0.1) is 0 Å². The molecule has 1 rings (SSSR count). The molecule has 7 nitrogen and oxygen atoms in total. The first-order valence-corrected chi connectivity index (χ1v) is 12.2. The van der Waals surface area contributed by atoms with Gasteiger partial charge in [-0.15, -0.1) is 0 Å². The number of alkyl halides is 1. The van der Waals surface area contributed by atoms with Gasteiger partial charge < -0.3 is 0 Å². The van der Waals surface area contributed by atoms with Gasteiger partial charge in [0.05, 0.1) is 0 Å². The van der Waals surface area contributed by atoms with E-state index in [2.05, 4.69) is 5.09 Å². The van der Waals surface area contributed by atoms with Crippen molar-refractivity contribution >= 4 is 26.6 Å². The Bertz CT molecular complexity index is 725. The normalized spacial score (nSPS) is 27.5. The summed E-state index contributed by atoms with van der Waals surface area (Å²) in [7, 11) is -4.01. The summed E-state index contributed by atoms with van der Waals surface area (Å²) in [6.07, 6.45) is 4.90. The molecular formula is C21H36BFNO6P. The molecule has 1 fully saturated rings. The Kier molecular flexibility index (Phi) is 11.4. The van der Waals surface area contributed by atoms with Crippen LogP contribution in [0.1, 0.15) is 61.3 Å². The third-order valence-electron chi connectivity index (χ3n) is 4.38. The topological polar surface area (TPSA) is 83.1 Å². The molecule has 1 aliphatic rings. The zero-order valence-electron chi connectivity index (χ0n) is 19.6. The minimum absolute atomic E-state index is 0.0828. The van der Waals surface area contributed by atoms with E-state index >= 15 is 0 Å². The van der Waals surface area contributed by atoms with Gasteiger partial charge in [-0.05, 0) is 0 Å². The van der Waals surface area contributed by atoms with Crippen LogP contribution < -0.4 is 5.09 Å². The van der Waals surface area contributed by atoms with Crippen LogP contribution in [-0.2, 0) is 27.9 Å². The monoisotopic (exact) mass is 459 g/mol. The van der Waals surface area contributed by atoms with Crippen LogP contribution in [0.2, 0.25) is 0 Å². The van der Waals surface area contributed by atoms with Gasteiger partial charge in [-0.1, -0.05) is 0 Å². The fourth-order valence-electron chi connectivity index (χ4n) is 3.01. The van der Waals surface area contributed by atoms with E-state index in [-0.39, 0.29) is 19.1 Å². The van der Waals surface area contributed by atoms with Crippen molar-refractivity contribution in [2.45, 2.75) is 91.2 Å². The summed E-state index contributed by atoms with van der Waals surface area (Å²) in [6, 6.07) is -1.66. The van der Waals surface area contributed by atoms with Gasteiger partial charge in [-0.3, -0.25) is 0 Å². The first-order chi connectivity index (χ1) is 14.5. The van der Waals surface area contributed by atoms with E-state index in [4.69, 9.17) is 18.5 Å². The Balaban J connectivity index is 2.98. The number of hydrogen-bond acceptors (Lipinski definition) is 6. The molecule has 0 saturated carbocycles. The van der Waals surface area contributed by atoms with Crippen LogP contribution >= 0.6 is 7.75 Å². The zero-order valence-corrected chi connectivity index (χ0v) is 20.5. The molecule has 176 valence electrons. The first-order valence-electron chi connectivity index (χ1n) is 10.7. The summed E-state index contributed by atoms with van der Waals surface area (Å²) in [5.74, 6) is 1.47. The number of rotatable bonds is 12. The average Bonchev–Trinajstić information content (AvgIpc) is 2.94. The van der Waals surface area contributed by atoms with E-state index in [1.54, 1.807) is 58.8 Å². The molecule has 5 unspecified atom stereocenters. The predicted molar refractivity (Wildman–Crippen MR) is 122 cm³/mol. The first kappa shape index (κ1) is 27.8. The van der Waals surface area contributed by atoms with Gasteiger partial charge in [0.25, 0.3) is 0 Å². The zero-order chi connectivity index (χ0) is 23.7. The molecular weight excluding hydrogens is 423 g/mol. The molecule has 0 aromatic rings. The minimum atomic E-state index is -4.01. The number of esters is 1. The van der Waals surface area contributed by atoms with Crippen LogP contribution in [-0.4, -0.2) is 55.4 Å². The molecule has 5 atom stereocenters. The molecule has 10 heteroatoms. The number of halogens is 1. The average molecular weight is 459 g/mol. The molecule has 0 aliphatic carbocycles. The summed E-state index contributed by atoms with van der Waals surface area (Å²) in [6.45, 7) is 13.4. The molecule has 1 N–H and O–H groups in total. The molecule has 0 radical (unpaired) electrons. The van der Waals surface area contributed by atoms with E-state index in [1.807, 2.05) is 6.92 Å². The predicted octanol–water partition coefficient (Wildman–Crippen LogP) is 4.30. The standard InChI is InChI=1S/C21H36BFNO6P/c1-8-11-17(12-9-2)30-31(26,24-16(6)19(25)28-15(4)5)27-14-18-13-21(7,23)20(29-18)22-10-3/h8,10-12,15-16,18,20H,9,13-14H2,1-7H3,(H,24,26). The molecule has 1 saturated heterocycles. The van der Waals surface area contributed by atoms with Crippen LogP contribution in [0.15, 0.2) is 24.0 Å². The van der Waals surface area contributed by atoms with Gasteiger partial charge in [0.2, 0.25) is 0 Å². The maximum absolute atomic E-state index is 14.8. The second-order valence-corrected chi connectivity index (χ2v) is 9.62. The van der Waals surface area contributed by atoms with Crippen molar-refractivity contribution in [2.75, 3.05) is 6.61 Å². The third kappa shape index (κ3) is 9.40. The second-order valence-electron chi connectivity index (χ2n) is 7.92. The van der Waals surface area contributed by atoms with E-state index in [9.17, 15) is 13.8 Å². The van der Waals surface area contributed by atoms with Gasteiger partial charge in [0.15, 0.2) is 0 Å². The van der Waals surface area contributed by atoms with Crippen LogP contribution in [0.3, 0.4) is 0 Å². The van der Waals surface area contributed by atoms with Gasteiger partial charge in [0.1, 0.15) is 0 Å². The van der Waals surface area contributed by atoms with Gasteiger partial charge in [-0.2, -0.15) is 0 Å². The summed E-state index contributed by atoms with van der Waals surface area (Å²) in [5, 5.41) is 2.63. The number of ether oxygens (including phenoxy) is 2.